The van der Waals surface area contributed by atoms with E-state index >= 15 is 0 Å². The summed E-state index contributed by atoms with van der Waals surface area (Å²) in [7, 11) is -2.09. The van der Waals surface area contributed by atoms with Gasteiger partial charge in [0.15, 0.2) is 0 Å². The zero-order valence-corrected chi connectivity index (χ0v) is 18.8. The summed E-state index contributed by atoms with van der Waals surface area (Å²) < 4.78 is 30.3. The minimum Gasteiger partial charge on any atom is -0.468 e. The molecule has 1 aliphatic heterocycles. The van der Waals surface area contributed by atoms with Gasteiger partial charge in [0.25, 0.3) is 5.91 Å². The summed E-state index contributed by atoms with van der Waals surface area (Å²) in [6.45, 7) is 1.80. The lowest BCUT2D eigenvalue weighted by molar-refractivity contribution is -0.148. The van der Waals surface area contributed by atoms with Crippen molar-refractivity contribution in [2.24, 2.45) is 0 Å². The van der Waals surface area contributed by atoms with E-state index in [1.54, 1.807) is 47.4 Å². The summed E-state index contributed by atoms with van der Waals surface area (Å²) in [5, 5.41) is 0.579. The highest BCUT2D eigenvalue weighted by Gasteiger charge is 2.32. The number of nitrogens with one attached hydrogen (secondary N) is 1. The van der Waals surface area contributed by atoms with Crippen LogP contribution in [-0.2, 0) is 19.6 Å². The van der Waals surface area contributed by atoms with Crippen molar-refractivity contribution in [2.75, 3.05) is 44.3 Å². The predicted molar refractivity (Wildman–Crippen MR) is 119 cm³/mol. The van der Waals surface area contributed by atoms with Crippen LogP contribution in [0, 0.1) is 0 Å². The number of hydrogen-bond donors (Lipinski definition) is 1. The topological polar surface area (TPSA) is 96.0 Å². The second-order valence-electron chi connectivity index (χ2n) is 7.26. The van der Waals surface area contributed by atoms with Crippen molar-refractivity contribution < 1.29 is 22.7 Å². The molecule has 1 atom stereocenters. The van der Waals surface area contributed by atoms with Crippen LogP contribution in [0.15, 0.2) is 48.5 Å². The highest BCUT2D eigenvalue weighted by Crippen LogP contribution is 2.26. The monoisotopic (exact) mass is 465 g/mol. The third-order valence-corrected chi connectivity index (χ3v) is 5.85. The molecule has 10 heteroatoms. The maximum Gasteiger partial charge on any atom is 0.327 e. The molecule has 166 valence electrons. The number of amides is 1. The number of sulfonamides is 1. The quantitative estimate of drug-likeness (QED) is 0.658. The largest absolute Gasteiger partial charge is 0.468 e. The zero-order chi connectivity index (χ0) is 22.6. The number of carbonyl (C=O) groups is 2. The van der Waals surface area contributed by atoms with Gasteiger partial charge in [-0.3, -0.25) is 14.4 Å². The summed E-state index contributed by atoms with van der Waals surface area (Å²) in [5.74, 6) is -0.570. The van der Waals surface area contributed by atoms with E-state index in [1.807, 2.05) is 4.90 Å². The Hall–Kier alpha value is -2.62. The Kier molecular flexibility index (Phi) is 7.19. The van der Waals surface area contributed by atoms with Gasteiger partial charge < -0.3 is 9.64 Å². The van der Waals surface area contributed by atoms with Crippen LogP contribution in [0.25, 0.3) is 0 Å². The molecule has 1 fully saturated rings. The summed E-state index contributed by atoms with van der Waals surface area (Å²) in [4.78, 5) is 29.0. The van der Waals surface area contributed by atoms with Crippen LogP contribution in [0.1, 0.15) is 22.0 Å². The van der Waals surface area contributed by atoms with Crippen molar-refractivity contribution in [3.8, 4) is 0 Å². The third-order valence-electron chi connectivity index (χ3n) is 4.99. The molecule has 1 N–H and O–H groups in total. The Bertz CT molecular complexity index is 1050. The number of carbonyl (C=O) groups excluding carboxylic acids is 2. The minimum atomic E-state index is -3.43. The number of hydrogen-bond acceptors (Lipinski definition) is 6. The predicted octanol–water partition coefficient (Wildman–Crippen LogP) is 2.38. The molecule has 0 spiro atoms. The molecule has 0 radical (unpaired) electrons. The van der Waals surface area contributed by atoms with Crippen LogP contribution in [0.3, 0.4) is 0 Å². The highest BCUT2D eigenvalue weighted by atomic mass is 35.5. The fourth-order valence-corrected chi connectivity index (χ4v) is 4.23. The van der Waals surface area contributed by atoms with Gasteiger partial charge in [-0.2, -0.15) is 0 Å². The molecule has 0 aromatic heterocycles. The van der Waals surface area contributed by atoms with Gasteiger partial charge in [0.1, 0.15) is 6.04 Å². The lowest BCUT2D eigenvalue weighted by atomic mass is 10.0. The van der Waals surface area contributed by atoms with Crippen LogP contribution in [0.5, 0.6) is 0 Å². The molecule has 2 aromatic carbocycles. The van der Waals surface area contributed by atoms with E-state index in [4.69, 9.17) is 16.3 Å². The molecule has 0 aliphatic carbocycles. The van der Waals surface area contributed by atoms with E-state index in [9.17, 15) is 18.0 Å². The molecule has 31 heavy (non-hydrogen) atoms. The molecule has 1 saturated heterocycles. The molecular weight excluding hydrogens is 442 g/mol. The van der Waals surface area contributed by atoms with E-state index in [0.717, 1.165) is 11.8 Å². The SMILES string of the molecule is COC(=O)C(c1ccc(Cl)cc1)N1CCN(C(=O)c2cccc(NS(C)(=O)=O)c2)CC1. The first-order valence-electron chi connectivity index (χ1n) is 9.62. The van der Waals surface area contributed by atoms with Crippen molar-refractivity contribution >= 4 is 39.2 Å². The van der Waals surface area contributed by atoms with Crippen molar-refractivity contribution in [1.29, 1.82) is 0 Å². The van der Waals surface area contributed by atoms with Gasteiger partial charge >= 0.3 is 5.97 Å². The van der Waals surface area contributed by atoms with Crippen molar-refractivity contribution in [2.45, 2.75) is 6.04 Å². The van der Waals surface area contributed by atoms with Crippen molar-refractivity contribution in [3.05, 3.63) is 64.7 Å². The number of rotatable bonds is 6. The van der Waals surface area contributed by atoms with Crippen LogP contribution in [0.4, 0.5) is 5.69 Å². The molecule has 0 saturated carbocycles. The molecule has 1 unspecified atom stereocenters. The zero-order valence-electron chi connectivity index (χ0n) is 17.2. The van der Waals surface area contributed by atoms with Gasteiger partial charge in [0.2, 0.25) is 10.0 Å². The number of methoxy groups -OCH3 is 1. The Morgan fingerprint density at radius 3 is 2.29 bits per heavy atom. The third kappa shape index (κ3) is 5.96. The van der Waals surface area contributed by atoms with E-state index < -0.39 is 16.1 Å². The number of esters is 1. The smallest absolute Gasteiger partial charge is 0.327 e. The molecule has 2 aromatic rings. The number of anilines is 1. The highest BCUT2D eigenvalue weighted by molar-refractivity contribution is 7.92. The molecule has 8 nitrogen and oxygen atoms in total. The first-order chi connectivity index (χ1) is 14.7. The number of piperazine rings is 1. The Labute approximate surface area is 186 Å². The van der Waals surface area contributed by atoms with E-state index in [2.05, 4.69) is 4.72 Å². The first kappa shape index (κ1) is 23.1. The van der Waals surface area contributed by atoms with Gasteiger partial charge in [0, 0.05) is 42.5 Å². The van der Waals surface area contributed by atoms with Crippen LogP contribution < -0.4 is 4.72 Å². The fraction of sp³-hybridized carbons (Fsp3) is 0.333. The summed E-state index contributed by atoms with van der Waals surface area (Å²) in [5.41, 5.74) is 1.50. The lowest BCUT2D eigenvalue weighted by Crippen LogP contribution is -2.51. The van der Waals surface area contributed by atoms with Gasteiger partial charge in [0.05, 0.1) is 13.4 Å². The number of benzene rings is 2. The van der Waals surface area contributed by atoms with Crippen molar-refractivity contribution in [1.82, 2.24) is 9.80 Å². The molecule has 1 heterocycles. The van der Waals surface area contributed by atoms with Crippen LogP contribution >= 0.6 is 11.6 Å². The second-order valence-corrected chi connectivity index (χ2v) is 9.45. The summed E-state index contributed by atoms with van der Waals surface area (Å²) >= 11 is 5.96. The average molecular weight is 466 g/mol. The molecule has 0 bridgehead atoms. The lowest BCUT2D eigenvalue weighted by Gasteiger charge is -2.38. The summed E-state index contributed by atoms with van der Waals surface area (Å²) in [6.07, 6.45) is 1.05. The van der Waals surface area contributed by atoms with E-state index in [-0.39, 0.29) is 11.9 Å². The number of ether oxygens (including phenoxy) is 1. The van der Waals surface area contributed by atoms with Crippen LogP contribution in [0.2, 0.25) is 5.02 Å². The molecule has 3 rings (SSSR count). The average Bonchev–Trinajstić information content (AvgIpc) is 2.74. The Balaban J connectivity index is 1.70. The van der Waals surface area contributed by atoms with Crippen LogP contribution in [-0.4, -0.2) is 69.6 Å². The van der Waals surface area contributed by atoms with Gasteiger partial charge in [-0.25, -0.2) is 13.2 Å². The summed E-state index contributed by atoms with van der Waals surface area (Å²) in [6, 6.07) is 12.8. The maximum atomic E-state index is 12.9. The standard InChI is InChI=1S/C21H24ClN3O5S/c1-30-21(27)19(15-6-8-17(22)9-7-15)24-10-12-25(13-11-24)20(26)16-4-3-5-18(14-16)23-31(2,28)29/h3-9,14,19,23H,10-13H2,1-2H3. The van der Waals surface area contributed by atoms with E-state index in [0.29, 0.717) is 42.5 Å². The molecule has 1 aliphatic rings. The van der Waals surface area contributed by atoms with Gasteiger partial charge in [-0.1, -0.05) is 29.8 Å². The fourth-order valence-electron chi connectivity index (χ4n) is 3.55. The second kappa shape index (κ2) is 9.67. The first-order valence-corrected chi connectivity index (χ1v) is 11.9. The maximum absolute atomic E-state index is 12.9. The Morgan fingerprint density at radius 2 is 1.71 bits per heavy atom. The molecular formula is C21H24ClN3O5S. The Morgan fingerprint density at radius 1 is 1.06 bits per heavy atom. The van der Waals surface area contributed by atoms with Crippen molar-refractivity contribution in [3.63, 3.8) is 0 Å². The number of nitrogens with zero attached hydrogens (tertiary/aromatic N) is 2. The van der Waals surface area contributed by atoms with Gasteiger partial charge in [-0.05, 0) is 35.9 Å². The minimum absolute atomic E-state index is 0.196. The van der Waals surface area contributed by atoms with Gasteiger partial charge in [-0.15, -0.1) is 0 Å². The normalized spacial score (nSPS) is 15.9. The number of halogens is 1. The van der Waals surface area contributed by atoms with E-state index in [1.165, 1.54) is 13.2 Å². The molecule has 1 amide bonds.